The third-order valence-corrected chi connectivity index (χ3v) is 5.27. The number of nitrogens with one attached hydrogen (secondary N) is 1. The van der Waals surface area contributed by atoms with Crippen LogP contribution >= 0.6 is 11.8 Å². The highest BCUT2D eigenvalue weighted by molar-refractivity contribution is 7.99. The molecule has 1 aliphatic heterocycles. The summed E-state index contributed by atoms with van der Waals surface area (Å²) in [6.45, 7) is 7.11. The molecule has 88 valence electrons. The van der Waals surface area contributed by atoms with Gasteiger partial charge in [0.25, 0.3) is 0 Å². The molecule has 0 amide bonds. The maximum atomic E-state index is 3.86. The smallest absolute Gasteiger partial charge is 0.0166 e. The Bertz CT molecular complexity index is 215. The second-order valence-electron chi connectivity index (χ2n) is 6.14. The summed E-state index contributed by atoms with van der Waals surface area (Å²) in [6.07, 6.45) is 5.60. The van der Waals surface area contributed by atoms with Gasteiger partial charge in [0.15, 0.2) is 0 Å². The van der Waals surface area contributed by atoms with Gasteiger partial charge in [0, 0.05) is 17.8 Å². The first-order valence-corrected chi connectivity index (χ1v) is 7.60. The van der Waals surface area contributed by atoms with Crippen LogP contribution in [-0.2, 0) is 0 Å². The van der Waals surface area contributed by atoms with Crippen LogP contribution in [0.25, 0.3) is 0 Å². The SMILES string of the molecule is CCCC1CC1NC1CSCC(C)(C)C1. The molecule has 1 aliphatic carbocycles. The summed E-state index contributed by atoms with van der Waals surface area (Å²) in [7, 11) is 0. The molecule has 1 saturated heterocycles. The standard InChI is InChI=1S/C13H25NS/c1-4-5-10-6-12(10)14-11-7-13(2,3)9-15-8-11/h10-12,14H,4-9H2,1-3H3. The summed E-state index contributed by atoms with van der Waals surface area (Å²) >= 11 is 2.13. The molecule has 3 atom stereocenters. The van der Waals surface area contributed by atoms with Gasteiger partial charge < -0.3 is 5.32 Å². The average Bonchev–Trinajstić information content (AvgIpc) is 2.82. The summed E-state index contributed by atoms with van der Waals surface area (Å²) in [4.78, 5) is 0. The van der Waals surface area contributed by atoms with E-state index in [-0.39, 0.29) is 0 Å². The van der Waals surface area contributed by atoms with Gasteiger partial charge in [-0.25, -0.2) is 0 Å². The highest BCUT2D eigenvalue weighted by atomic mass is 32.2. The van der Waals surface area contributed by atoms with Gasteiger partial charge in [-0.2, -0.15) is 11.8 Å². The lowest BCUT2D eigenvalue weighted by molar-refractivity contribution is 0.314. The van der Waals surface area contributed by atoms with Crippen LogP contribution in [0.5, 0.6) is 0 Å². The summed E-state index contributed by atoms with van der Waals surface area (Å²) in [5.74, 6) is 3.68. The van der Waals surface area contributed by atoms with Crippen LogP contribution in [0.3, 0.4) is 0 Å². The van der Waals surface area contributed by atoms with E-state index in [1.807, 2.05) is 0 Å². The monoisotopic (exact) mass is 227 g/mol. The topological polar surface area (TPSA) is 12.0 Å². The average molecular weight is 227 g/mol. The van der Waals surface area contributed by atoms with Crippen molar-refractivity contribution < 1.29 is 0 Å². The second kappa shape index (κ2) is 4.67. The lowest BCUT2D eigenvalue weighted by atomic mass is 9.88. The zero-order valence-corrected chi connectivity index (χ0v) is 11.2. The van der Waals surface area contributed by atoms with Crippen molar-refractivity contribution in [3.63, 3.8) is 0 Å². The fourth-order valence-corrected chi connectivity index (χ4v) is 4.10. The first-order chi connectivity index (χ1) is 7.11. The third-order valence-electron chi connectivity index (χ3n) is 3.64. The molecule has 2 aliphatic rings. The van der Waals surface area contributed by atoms with Crippen LogP contribution in [0.1, 0.15) is 46.5 Å². The Morgan fingerprint density at radius 1 is 1.40 bits per heavy atom. The number of thioether (sulfide) groups is 1. The quantitative estimate of drug-likeness (QED) is 0.791. The number of hydrogen-bond donors (Lipinski definition) is 1. The maximum absolute atomic E-state index is 3.86. The third kappa shape index (κ3) is 3.39. The predicted octanol–water partition coefficient (Wildman–Crippen LogP) is 3.30. The molecule has 0 aromatic rings. The molecule has 3 unspecified atom stereocenters. The van der Waals surface area contributed by atoms with Crippen molar-refractivity contribution in [1.29, 1.82) is 0 Å². The summed E-state index contributed by atoms with van der Waals surface area (Å²) < 4.78 is 0. The van der Waals surface area contributed by atoms with Gasteiger partial charge in [0.1, 0.15) is 0 Å². The van der Waals surface area contributed by atoms with E-state index in [1.54, 1.807) is 0 Å². The summed E-state index contributed by atoms with van der Waals surface area (Å²) in [5.41, 5.74) is 0.551. The van der Waals surface area contributed by atoms with E-state index in [9.17, 15) is 0 Å². The maximum Gasteiger partial charge on any atom is 0.0166 e. The van der Waals surface area contributed by atoms with E-state index in [4.69, 9.17) is 0 Å². The van der Waals surface area contributed by atoms with E-state index in [2.05, 4.69) is 37.8 Å². The zero-order valence-electron chi connectivity index (χ0n) is 10.4. The summed E-state index contributed by atoms with van der Waals surface area (Å²) in [6, 6.07) is 1.65. The van der Waals surface area contributed by atoms with Crippen LogP contribution in [0.4, 0.5) is 0 Å². The minimum absolute atomic E-state index is 0.551. The fraction of sp³-hybridized carbons (Fsp3) is 1.00. The van der Waals surface area contributed by atoms with E-state index < -0.39 is 0 Å². The van der Waals surface area contributed by atoms with E-state index in [0.29, 0.717) is 5.41 Å². The Morgan fingerprint density at radius 2 is 2.20 bits per heavy atom. The van der Waals surface area contributed by atoms with Gasteiger partial charge in [-0.3, -0.25) is 0 Å². The molecule has 1 saturated carbocycles. The Hall–Kier alpha value is 0.310. The molecule has 15 heavy (non-hydrogen) atoms. The van der Waals surface area contributed by atoms with Crippen LogP contribution in [0.15, 0.2) is 0 Å². The predicted molar refractivity (Wildman–Crippen MR) is 69.4 cm³/mol. The Kier molecular flexibility index (Phi) is 3.67. The van der Waals surface area contributed by atoms with Gasteiger partial charge in [-0.15, -0.1) is 0 Å². The molecule has 0 spiro atoms. The summed E-state index contributed by atoms with van der Waals surface area (Å²) in [5, 5.41) is 3.86. The molecule has 0 aromatic carbocycles. The van der Waals surface area contributed by atoms with Crippen LogP contribution in [-0.4, -0.2) is 23.6 Å². The minimum atomic E-state index is 0.551. The van der Waals surface area contributed by atoms with Gasteiger partial charge in [0.2, 0.25) is 0 Å². The fourth-order valence-electron chi connectivity index (χ4n) is 2.81. The van der Waals surface area contributed by atoms with E-state index in [0.717, 1.165) is 18.0 Å². The largest absolute Gasteiger partial charge is 0.310 e. The second-order valence-corrected chi connectivity index (χ2v) is 7.17. The van der Waals surface area contributed by atoms with Crippen molar-refractivity contribution in [2.75, 3.05) is 11.5 Å². The van der Waals surface area contributed by atoms with Crippen molar-refractivity contribution in [3.8, 4) is 0 Å². The molecule has 0 radical (unpaired) electrons. The van der Waals surface area contributed by atoms with Crippen LogP contribution in [0.2, 0.25) is 0 Å². The van der Waals surface area contributed by atoms with Crippen LogP contribution < -0.4 is 5.32 Å². The number of hydrogen-bond acceptors (Lipinski definition) is 2. The normalized spacial score (nSPS) is 39.0. The molecule has 1 heterocycles. The molecule has 2 rings (SSSR count). The lowest BCUT2D eigenvalue weighted by Crippen LogP contribution is -2.41. The highest BCUT2D eigenvalue weighted by Gasteiger charge is 2.39. The minimum Gasteiger partial charge on any atom is -0.310 e. The molecule has 1 nitrogen and oxygen atoms in total. The van der Waals surface area contributed by atoms with Crippen molar-refractivity contribution >= 4 is 11.8 Å². The van der Waals surface area contributed by atoms with Crippen molar-refractivity contribution in [3.05, 3.63) is 0 Å². The van der Waals surface area contributed by atoms with E-state index >= 15 is 0 Å². The van der Waals surface area contributed by atoms with Crippen LogP contribution in [0, 0.1) is 11.3 Å². The molecule has 2 heteroatoms. The molecular formula is C13H25NS. The van der Waals surface area contributed by atoms with Gasteiger partial charge >= 0.3 is 0 Å². The molecular weight excluding hydrogens is 202 g/mol. The molecule has 0 aromatic heterocycles. The van der Waals surface area contributed by atoms with Crippen molar-refractivity contribution in [2.45, 2.75) is 58.5 Å². The Labute approximate surface area is 98.8 Å². The van der Waals surface area contributed by atoms with E-state index in [1.165, 1.54) is 37.2 Å². The molecule has 2 fully saturated rings. The first-order valence-electron chi connectivity index (χ1n) is 6.44. The first kappa shape index (κ1) is 11.8. The number of rotatable bonds is 4. The molecule has 1 N–H and O–H groups in total. The highest BCUT2D eigenvalue weighted by Crippen LogP contribution is 2.38. The van der Waals surface area contributed by atoms with Gasteiger partial charge in [-0.1, -0.05) is 27.2 Å². The van der Waals surface area contributed by atoms with Crippen molar-refractivity contribution in [2.24, 2.45) is 11.3 Å². The zero-order chi connectivity index (χ0) is 10.9. The van der Waals surface area contributed by atoms with Gasteiger partial charge in [0.05, 0.1) is 0 Å². The Morgan fingerprint density at radius 3 is 2.87 bits per heavy atom. The lowest BCUT2D eigenvalue weighted by Gasteiger charge is -2.35. The molecule has 0 bridgehead atoms. The van der Waals surface area contributed by atoms with Crippen molar-refractivity contribution in [1.82, 2.24) is 5.32 Å². The Balaban J connectivity index is 1.72. The van der Waals surface area contributed by atoms with Gasteiger partial charge in [-0.05, 0) is 36.3 Å².